The molecule has 3 nitrogen and oxygen atoms in total. The van der Waals surface area contributed by atoms with E-state index in [0.717, 1.165) is 40.8 Å². The van der Waals surface area contributed by atoms with E-state index >= 15 is 4.39 Å². The Labute approximate surface area is 181 Å². The normalized spacial score (nSPS) is 10.7. The molecule has 0 spiro atoms. The second-order valence-corrected chi connectivity index (χ2v) is 7.51. The largest absolute Gasteiger partial charge is 0.492 e. The van der Waals surface area contributed by atoms with Crippen molar-refractivity contribution in [2.45, 2.75) is 26.2 Å². The SMILES string of the molecule is CCCOc1ccc(-c2ccc3c(F)c(CCc4ccc(C#N)cc4)ccc3c2)nc1. The van der Waals surface area contributed by atoms with E-state index in [0.29, 0.717) is 29.5 Å². The van der Waals surface area contributed by atoms with Gasteiger partial charge in [-0.25, -0.2) is 4.39 Å². The number of benzene rings is 3. The number of pyridine rings is 1. The van der Waals surface area contributed by atoms with Crippen molar-refractivity contribution in [1.82, 2.24) is 4.98 Å². The van der Waals surface area contributed by atoms with E-state index in [1.807, 2.05) is 54.6 Å². The molecule has 0 aliphatic carbocycles. The standard InChI is InChI=1S/C27H23FN2O/c1-2-15-31-24-12-14-26(30-18-24)23-11-13-25-22(16-23)10-9-21(27(25)28)8-7-19-3-5-20(17-29)6-4-19/h3-6,9-14,16,18H,2,7-8,15H2,1H3. The van der Waals surface area contributed by atoms with Crippen molar-refractivity contribution in [2.75, 3.05) is 6.61 Å². The molecule has 4 rings (SSSR count). The van der Waals surface area contributed by atoms with Gasteiger partial charge in [-0.1, -0.05) is 43.3 Å². The fourth-order valence-corrected chi connectivity index (χ4v) is 3.57. The Morgan fingerprint density at radius 3 is 2.52 bits per heavy atom. The predicted octanol–water partition coefficient (Wildman–Crippen LogP) is 6.49. The topological polar surface area (TPSA) is 45.9 Å². The maximum absolute atomic E-state index is 15.1. The second-order valence-electron chi connectivity index (χ2n) is 7.51. The molecule has 4 heteroatoms. The zero-order valence-electron chi connectivity index (χ0n) is 17.4. The lowest BCUT2D eigenvalue weighted by Crippen LogP contribution is -1.97. The highest BCUT2D eigenvalue weighted by molar-refractivity contribution is 5.88. The first-order valence-corrected chi connectivity index (χ1v) is 10.5. The number of nitriles is 1. The number of nitrogens with zero attached hydrogens (tertiary/aromatic N) is 2. The van der Waals surface area contributed by atoms with Crippen molar-refractivity contribution in [3.8, 4) is 23.1 Å². The average molecular weight is 410 g/mol. The van der Waals surface area contributed by atoms with Gasteiger partial charge in [-0.15, -0.1) is 0 Å². The number of hydrogen-bond acceptors (Lipinski definition) is 3. The summed E-state index contributed by atoms with van der Waals surface area (Å²) in [6, 6.07) is 22.9. The maximum atomic E-state index is 15.1. The van der Waals surface area contributed by atoms with Crippen molar-refractivity contribution < 1.29 is 9.13 Å². The van der Waals surface area contributed by atoms with Crippen LogP contribution in [-0.2, 0) is 12.8 Å². The molecule has 0 unspecified atom stereocenters. The first-order chi connectivity index (χ1) is 15.2. The molecule has 1 aromatic heterocycles. The van der Waals surface area contributed by atoms with E-state index in [9.17, 15) is 0 Å². The summed E-state index contributed by atoms with van der Waals surface area (Å²) in [5.41, 5.74) is 4.19. The number of aryl methyl sites for hydroxylation is 2. The van der Waals surface area contributed by atoms with E-state index in [1.165, 1.54) is 0 Å². The van der Waals surface area contributed by atoms with Crippen LogP contribution in [0.25, 0.3) is 22.0 Å². The summed E-state index contributed by atoms with van der Waals surface area (Å²) >= 11 is 0. The van der Waals surface area contributed by atoms with Crippen molar-refractivity contribution >= 4 is 10.8 Å². The smallest absolute Gasteiger partial charge is 0.137 e. The lowest BCUT2D eigenvalue weighted by atomic mass is 9.98. The van der Waals surface area contributed by atoms with Gasteiger partial charge in [-0.2, -0.15) is 5.26 Å². The Morgan fingerprint density at radius 1 is 0.968 bits per heavy atom. The van der Waals surface area contributed by atoms with E-state index < -0.39 is 0 Å². The van der Waals surface area contributed by atoms with Crippen molar-refractivity contribution in [2.24, 2.45) is 0 Å². The van der Waals surface area contributed by atoms with Crippen LogP contribution in [0.4, 0.5) is 4.39 Å². The van der Waals surface area contributed by atoms with Crippen molar-refractivity contribution in [3.05, 3.63) is 95.4 Å². The number of fused-ring (bicyclic) bond motifs is 1. The number of ether oxygens (including phenoxy) is 1. The van der Waals surface area contributed by atoms with E-state index in [4.69, 9.17) is 10.00 Å². The third-order valence-corrected chi connectivity index (χ3v) is 5.31. The molecule has 0 amide bonds. The monoisotopic (exact) mass is 410 g/mol. The lowest BCUT2D eigenvalue weighted by molar-refractivity contribution is 0.316. The highest BCUT2D eigenvalue weighted by Gasteiger charge is 2.10. The van der Waals surface area contributed by atoms with Gasteiger partial charge in [0.2, 0.25) is 0 Å². The van der Waals surface area contributed by atoms with Crippen LogP contribution in [0.2, 0.25) is 0 Å². The van der Waals surface area contributed by atoms with Crippen LogP contribution < -0.4 is 4.74 Å². The van der Waals surface area contributed by atoms with Crippen LogP contribution in [0.5, 0.6) is 5.75 Å². The van der Waals surface area contributed by atoms with Crippen LogP contribution >= 0.6 is 0 Å². The van der Waals surface area contributed by atoms with Crippen LogP contribution in [0.3, 0.4) is 0 Å². The van der Waals surface area contributed by atoms with Gasteiger partial charge in [0.1, 0.15) is 11.6 Å². The van der Waals surface area contributed by atoms with Gasteiger partial charge in [0.05, 0.1) is 30.1 Å². The Kier molecular flexibility index (Phi) is 6.24. The molecule has 0 aliphatic rings. The maximum Gasteiger partial charge on any atom is 0.137 e. The van der Waals surface area contributed by atoms with Crippen LogP contribution in [0, 0.1) is 17.1 Å². The molecule has 3 aromatic carbocycles. The molecule has 0 atom stereocenters. The van der Waals surface area contributed by atoms with Gasteiger partial charge >= 0.3 is 0 Å². The first-order valence-electron chi connectivity index (χ1n) is 10.5. The van der Waals surface area contributed by atoms with E-state index in [-0.39, 0.29) is 5.82 Å². The first kappa shape index (κ1) is 20.6. The molecule has 0 bridgehead atoms. The predicted molar refractivity (Wildman–Crippen MR) is 121 cm³/mol. The van der Waals surface area contributed by atoms with E-state index in [2.05, 4.69) is 18.0 Å². The van der Waals surface area contributed by atoms with Crippen molar-refractivity contribution in [1.29, 1.82) is 5.26 Å². The van der Waals surface area contributed by atoms with Gasteiger partial charge in [-0.3, -0.25) is 4.98 Å². The van der Waals surface area contributed by atoms with Crippen molar-refractivity contribution in [3.63, 3.8) is 0 Å². The fraction of sp³-hybridized carbons (Fsp3) is 0.185. The van der Waals surface area contributed by atoms with Gasteiger partial charge in [0, 0.05) is 10.9 Å². The van der Waals surface area contributed by atoms with Gasteiger partial charge in [-0.05, 0) is 66.1 Å². The average Bonchev–Trinajstić information content (AvgIpc) is 2.83. The number of aromatic nitrogens is 1. The van der Waals surface area contributed by atoms with Crippen LogP contribution in [0.1, 0.15) is 30.0 Å². The molecule has 154 valence electrons. The molecule has 0 N–H and O–H groups in total. The second kappa shape index (κ2) is 9.40. The highest BCUT2D eigenvalue weighted by Crippen LogP contribution is 2.28. The molecule has 0 saturated carbocycles. The summed E-state index contributed by atoms with van der Waals surface area (Å²) in [5, 5.41) is 10.4. The molecular formula is C27H23FN2O. The summed E-state index contributed by atoms with van der Waals surface area (Å²) in [6.07, 6.45) is 4.01. The molecule has 4 aromatic rings. The minimum absolute atomic E-state index is 0.172. The Balaban J connectivity index is 1.52. The van der Waals surface area contributed by atoms with Gasteiger partial charge in [0.25, 0.3) is 0 Å². The van der Waals surface area contributed by atoms with E-state index in [1.54, 1.807) is 18.3 Å². The molecule has 0 aliphatic heterocycles. The molecule has 1 heterocycles. The van der Waals surface area contributed by atoms with Crippen LogP contribution in [0.15, 0.2) is 72.9 Å². The van der Waals surface area contributed by atoms with Crippen LogP contribution in [-0.4, -0.2) is 11.6 Å². The lowest BCUT2D eigenvalue weighted by Gasteiger charge is -2.09. The zero-order valence-corrected chi connectivity index (χ0v) is 17.4. The quantitative estimate of drug-likeness (QED) is 0.350. The summed E-state index contributed by atoms with van der Waals surface area (Å²) in [6.45, 7) is 2.73. The number of halogens is 1. The molecular weight excluding hydrogens is 387 g/mol. The third kappa shape index (κ3) is 4.73. The molecule has 0 fully saturated rings. The molecule has 31 heavy (non-hydrogen) atoms. The molecule has 0 radical (unpaired) electrons. The Bertz CT molecular complexity index is 1230. The Morgan fingerprint density at radius 2 is 1.81 bits per heavy atom. The fourth-order valence-electron chi connectivity index (χ4n) is 3.57. The summed E-state index contributed by atoms with van der Waals surface area (Å²) in [7, 11) is 0. The van der Waals surface area contributed by atoms with Gasteiger partial charge in [0.15, 0.2) is 0 Å². The summed E-state index contributed by atoms with van der Waals surface area (Å²) in [5.74, 6) is 0.582. The number of hydrogen-bond donors (Lipinski definition) is 0. The third-order valence-electron chi connectivity index (χ3n) is 5.31. The van der Waals surface area contributed by atoms with Gasteiger partial charge < -0.3 is 4.74 Å². The summed E-state index contributed by atoms with van der Waals surface area (Å²) in [4.78, 5) is 4.49. The summed E-state index contributed by atoms with van der Waals surface area (Å²) < 4.78 is 20.7. The minimum atomic E-state index is -0.172. The minimum Gasteiger partial charge on any atom is -0.492 e. The Hall–Kier alpha value is -3.71. The zero-order chi connectivity index (χ0) is 21.6. The molecule has 0 saturated heterocycles. The highest BCUT2D eigenvalue weighted by atomic mass is 19.1. The number of rotatable bonds is 7.